The molecule has 0 aliphatic heterocycles. The molecule has 0 spiro atoms. The van der Waals surface area contributed by atoms with Gasteiger partial charge in [0.2, 0.25) is 0 Å². The summed E-state index contributed by atoms with van der Waals surface area (Å²) < 4.78 is 5.14. The zero-order chi connectivity index (χ0) is 22.9. The molecule has 0 bridgehead atoms. The lowest BCUT2D eigenvalue weighted by Gasteiger charge is -2.19. The number of amides is 3. The molecule has 1 heterocycles. The van der Waals surface area contributed by atoms with Gasteiger partial charge in [-0.15, -0.1) is 0 Å². The van der Waals surface area contributed by atoms with Crippen LogP contribution in [0.15, 0.2) is 30.0 Å². The van der Waals surface area contributed by atoms with E-state index in [1.807, 2.05) is 0 Å². The maximum absolute atomic E-state index is 12.5. The highest BCUT2D eigenvalue weighted by atomic mass is 16.6. The van der Waals surface area contributed by atoms with E-state index < -0.39 is 35.5 Å². The summed E-state index contributed by atoms with van der Waals surface area (Å²) in [5.74, 6) is -2.54. The number of ether oxygens (including phenoxy) is 1. The Hall–Kier alpha value is -3.43. The molecule has 0 saturated carbocycles. The molecule has 4 N–H and O–H groups in total. The van der Waals surface area contributed by atoms with E-state index in [2.05, 4.69) is 20.9 Å². The third-order valence-electron chi connectivity index (χ3n) is 3.65. The van der Waals surface area contributed by atoms with Crippen molar-refractivity contribution in [2.75, 3.05) is 0 Å². The fourth-order valence-electron chi connectivity index (χ4n) is 2.20. The fraction of sp³-hybridized carbons (Fsp3) is 0.450. The van der Waals surface area contributed by atoms with Gasteiger partial charge >= 0.3 is 12.1 Å². The Morgan fingerprint density at radius 1 is 1.23 bits per heavy atom. The monoisotopic (exact) mass is 420 g/mol. The van der Waals surface area contributed by atoms with Crippen LogP contribution in [0.1, 0.15) is 57.2 Å². The standard InChI is InChI=1S/C20H28N4O6/c1-6-13(16(25)24-14(7-2)18(27)28)23-17(26)15-10-8-9-12(22-15)11-21-19(29)30-20(3,4)5/h6,8-10,14H,7,11H2,1-5H3,(H,21,29)(H,23,26)(H,24,25)(H,27,28)/b13-6-/t14-/m0/s1. The van der Waals surface area contributed by atoms with Crippen LogP contribution in [0.3, 0.4) is 0 Å². The van der Waals surface area contributed by atoms with Crippen LogP contribution in [0.2, 0.25) is 0 Å². The Kier molecular flexibility index (Phi) is 8.97. The number of aliphatic carboxylic acids is 1. The van der Waals surface area contributed by atoms with Crippen molar-refractivity contribution in [1.29, 1.82) is 0 Å². The van der Waals surface area contributed by atoms with E-state index >= 15 is 0 Å². The van der Waals surface area contributed by atoms with Gasteiger partial charge in [-0.25, -0.2) is 14.6 Å². The number of carboxylic acid groups (broad SMARTS) is 1. The van der Waals surface area contributed by atoms with Gasteiger partial charge in [0.15, 0.2) is 0 Å². The van der Waals surface area contributed by atoms with Crippen molar-refractivity contribution in [3.8, 4) is 0 Å². The van der Waals surface area contributed by atoms with E-state index in [-0.39, 0.29) is 24.4 Å². The molecule has 1 atom stereocenters. The minimum absolute atomic E-state index is 0.0240. The minimum atomic E-state index is -1.17. The van der Waals surface area contributed by atoms with Crippen molar-refractivity contribution in [2.45, 2.75) is 59.2 Å². The second kappa shape index (κ2) is 10.9. The van der Waals surface area contributed by atoms with Gasteiger partial charge in [0.05, 0.1) is 12.2 Å². The number of nitrogens with one attached hydrogen (secondary N) is 3. The van der Waals surface area contributed by atoms with Crippen molar-refractivity contribution >= 4 is 23.9 Å². The molecule has 0 aliphatic rings. The van der Waals surface area contributed by atoms with Crippen LogP contribution >= 0.6 is 0 Å². The van der Waals surface area contributed by atoms with E-state index in [4.69, 9.17) is 9.84 Å². The SMILES string of the molecule is C/C=C(\NC(=O)c1cccc(CNC(=O)OC(C)(C)C)n1)C(=O)N[C@@H](CC)C(=O)O. The molecular weight excluding hydrogens is 392 g/mol. The molecule has 0 unspecified atom stereocenters. The van der Waals surface area contributed by atoms with Crippen LogP contribution in [0, 0.1) is 0 Å². The van der Waals surface area contributed by atoms with E-state index in [1.54, 1.807) is 39.8 Å². The van der Waals surface area contributed by atoms with Gasteiger partial charge < -0.3 is 25.8 Å². The lowest BCUT2D eigenvalue weighted by atomic mass is 10.2. The van der Waals surface area contributed by atoms with Gasteiger partial charge in [-0.05, 0) is 46.2 Å². The molecular formula is C20H28N4O6. The molecule has 30 heavy (non-hydrogen) atoms. The summed E-state index contributed by atoms with van der Waals surface area (Å²) in [6.07, 6.45) is 0.937. The molecule has 0 fully saturated rings. The number of carbonyl (C=O) groups is 4. The molecule has 1 rings (SSSR count). The first kappa shape index (κ1) is 24.6. The van der Waals surface area contributed by atoms with Crippen LogP contribution in [0.4, 0.5) is 4.79 Å². The normalized spacial score (nSPS) is 12.5. The quantitative estimate of drug-likeness (QED) is 0.468. The van der Waals surface area contributed by atoms with Crippen molar-refractivity contribution in [3.63, 3.8) is 0 Å². The number of hydrogen-bond acceptors (Lipinski definition) is 6. The minimum Gasteiger partial charge on any atom is -0.480 e. The lowest BCUT2D eigenvalue weighted by molar-refractivity contribution is -0.141. The number of carbonyl (C=O) groups excluding carboxylic acids is 3. The molecule has 10 nitrogen and oxygen atoms in total. The van der Waals surface area contributed by atoms with Gasteiger partial charge in [0.25, 0.3) is 11.8 Å². The van der Waals surface area contributed by atoms with Crippen LogP contribution in [-0.4, -0.2) is 45.6 Å². The summed E-state index contributed by atoms with van der Waals surface area (Å²) in [6, 6.07) is 3.59. The summed E-state index contributed by atoms with van der Waals surface area (Å²) in [4.78, 5) is 51.7. The van der Waals surface area contributed by atoms with E-state index in [1.165, 1.54) is 19.1 Å². The smallest absolute Gasteiger partial charge is 0.407 e. The number of carboxylic acids is 1. The van der Waals surface area contributed by atoms with Gasteiger partial charge in [0.1, 0.15) is 23.0 Å². The fourth-order valence-corrected chi connectivity index (χ4v) is 2.20. The van der Waals surface area contributed by atoms with Gasteiger partial charge in [0, 0.05) is 0 Å². The van der Waals surface area contributed by atoms with Crippen molar-refractivity contribution in [1.82, 2.24) is 20.9 Å². The highest BCUT2D eigenvalue weighted by Gasteiger charge is 2.21. The number of alkyl carbamates (subject to hydrolysis) is 1. The number of rotatable bonds is 8. The Labute approximate surface area is 175 Å². The number of nitrogens with zero attached hydrogens (tertiary/aromatic N) is 1. The van der Waals surface area contributed by atoms with Crippen molar-refractivity contribution in [2.24, 2.45) is 0 Å². The average molecular weight is 420 g/mol. The molecule has 0 saturated heterocycles. The second-order valence-corrected chi connectivity index (χ2v) is 7.30. The lowest BCUT2D eigenvalue weighted by Crippen LogP contribution is -2.44. The zero-order valence-electron chi connectivity index (χ0n) is 17.7. The number of pyridine rings is 1. The first-order valence-electron chi connectivity index (χ1n) is 9.41. The van der Waals surface area contributed by atoms with Crippen LogP contribution < -0.4 is 16.0 Å². The Balaban J connectivity index is 2.77. The number of allylic oxidation sites excluding steroid dienone is 1. The summed E-state index contributed by atoms with van der Waals surface area (Å²) in [7, 11) is 0. The second-order valence-electron chi connectivity index (χ2n) is 7.30. The van der Waals surface area contributed by atoms with Crippen LogP contribution in [0.25, 0.3) is 0 Å². The molecule has 0 radical (unpaired) electrons. The molecule has 1 aromatic heterocycles. The zero-order valence-corrected chi connectivity index (χ0v) is 17.7. The van der Waals surface area contributed by atoms with Gasteiger partial charge in [-0.1, -0.05) is 19.1 Å². The average Bonchev–Trinajstić information content (AvgIpc) is 2.66. The van der Waals surface area contributed by atoms with E-state index in [9.17, 15) is 19.2 Å². The van der Waals surface area contributed by atoms with Crippen molar-refractivity contribution < 1.29 is 29.0 Å². The predicted molar refractivity (Wildman–Crippen MR) is 108 cm³/mol. The third kappa shape index (κ3) is 8.29. The molecule has 0 aromatic carbocycles. The molecule has 0 aliphatic carbocycles. The third-order valence-corrected chi connectivity index (χ3v) is 3.65. The molecule has 164 valence electrons. The summed E-state index contributed by atoms with van der Waals surface area (Å²) >= 11 is 0. The Morgan fingerprint density at radius 3 is 2.43 bits per heavy atom. The van der Waals surface area contributed by atoms with Crippen LogP contribution in [-0.2, 0) is 20.9 Å². The Morgan fingerprint density at radius 2 is 1.90 bits per heavy atom. The van der Waals surface area contributed by atoms with Crippen molar-refractivity contribution in [3.05, 3.63) is 41.4 Å². The topological polar surface area (TPSA) is 147 Å². The molecule has 3 amide bonds. The number of hydrogen-bond donors (Lipinski definition) is 4. The van der Waals surface area contributed by atoms with Gasteiger partial charge in [-0.3, -0.25) is 9.59 Å². The maximum atomic E-state index is 12.5. The maximum Gasteiger partial charge on any atom is 0.407 e. The summed E-state index contributed by atoms with van der Waals surface area (Å²) in [6.45, 7) is 8.42. The highest BCUT2D eigenvalue weighted by Crippen LogP contribution is 2.07. The molecule has 10 heteroatoms. The first-order valence-corrected chi connectivity index (χ1v) is 9.41. The highest BCUT2D eigenvalue weighted by molar-refractivity contribution is 6.02. The van der Waals surface area contributed by atoms with Crippen LogP contribution in [0.5, 0.6) is 0 Å². The van der Waals surface area contributed by atoms with E-state index in [0.29, 0.717) is 5.69 Å². The Bertz CT molecular complexity index is 829. The largest absolute Gasteiger partial charge is 0.480 e. The number of aromatic nitrogens is 1. The van der Waals surface area contributed by atoms with Gasteiger partial charge in [-0.2, -0.15) is 0 Å². The summed E-state index contributed by atoms with van der Waals surface area (Å²) in [5.41, 5.74) is -0.299. The predicted octanol–water partition coefficient (Wildman–Crippen LogP) is 1.72. The van der Waals surface area contributed by atoms with E-state index in [0.717, 1.165) is 0 Å². The first-order chi connectivity index (χ1) is 14.0. The molecule has 1 aromatic rings. The summed E-state index contributed by atoms with van der Waals surface area (Å²) in [5, 5.41) is 16.3.